The highest BCUT2D eigenvalue weighted by atomic mass is 16.1. The van der Waals surface area contributed by atoms with Crippen LogP contribution in [0.3, 0.4) is 0 Å². The van der Waals surface area contributed by atoms with Gasteiger partial charge in [0.15, 0.2) is 0 Å². The molecule has 0 spiro atoms. The maximum absolute atomic E-state index is 10.9. The Labute approximate surface area is 97.3 Å². The Morgan fingerprint density at radius 1 is 1.38 bits per heavy atom. The quantitative estimate of drug-likeness (QED) is 0.765. The third-order valence-corrected chi connectivity index (χ3v) is 2.27. The minimum absolute atomic E-state index is 0.190. The van der Waals surface area contributed by atoms with Crippen molar-refractivity contribution in [1.29, 1.82) is 0 Å². The van der Waals surface area contributed by atoms with E-state index in [2.05, 4.69) is 23.8 Å². The minimum Gasteiger partial charge on any atom is -0.300 e. The third-order valence-electron chi connectivity index (χ3n) is 2.27. The normalized spacial score (nSPS) is 10.8. The molecule has 88 valence electrons. The maximum Gasteiger partial charge on any atom is 0.130 e. The van der Waals surface area contributed by atoms with Crippen LogP contribution in [0.4, 0.5) is 0 Å². The van der Waals surface area contributed by atoms with E-state index in [-0.39, 0.29) is 5.78 Å². The van der Waals surface area contributed by atoms with E-state index in [1.165, 1.54) is 0 Å². The smallest absolute Gasteiger partial charge is 0.130 e. The average molecular weight is 220 g/mol. The number of hydrogen-bond acceptors (Lipinski definition) is 3. The molecule has 0 aliphatic carbocycles. The SMILES string of the molecule is CC(=O)CCc1nc(C)cc(CC(C)C)n1. The summed E-state index contributed by atoms with van der Waals surface area (Å²) in [6.07, 6.45) is 2.16. The van der Waals surface area contributed by atoms with E-state index in [1.807, 2.05) is 13.0 Å². The monoisotopic (exact) mass is 220 g/mol. The molecule has 3 heteroatoms. The van der Waals surface area contributed by atoms with Crippen LogP contribution >= 0.6 is 0 Å². The average Bonchev–Trinajstić information content (AvgIpc) is 2.12. The Balaban J connectivity index is 2.77. The second-order valence-corrected chi connectivity index (χ2v) is 4.72. The molecule has 1 heterocycles. The summed E-state index contributed by atoms with van der Waals surface area (Å²) in [7, 11) is 0. The lowest BCUT2D eigenvalue weighted by Crippen LogP contribution is -2.06. The number of ketones is 1. The highest BCUT2D eigenvalue weighted by Gasteiger charge is 2.05. The number of nitrogens with zero attached hydrogens (tertiary/aromatic N) is 2. The fourth-order valence-corrected chi connectivity index (χ4v) is 1.62. The summed E-state index contributed by atoms with van der Waals surface area (Å²) in [4.78, 5) is 19.7. The van der Waals surface area contributed by atoms with E-state index in [0.717, 1.165) is 23.6 Å². The number of carbonyl (C=O) groups is 1. The molecule has 0 aliphatic heterocycles. The van der Waals surface area contributed by atoms with Gasteiger partial charge in [-0.3, -0.25) is 0 Å². The number of aromatic nitrogens is 2. The summed E-state index contributed by atoms with van der Waals surface area (Å²) < 4.78 is 0. The first-order valence-corrected chi connectivity index (χ1v) is 5.80. The summed E-state index contributed by atoms with van der Waals surface area (Å²) in [5.74, 6) is 1.58. The van der Waals surface area contributed by atoms with Gasteiger partial charge in [-0.2, -0.15) is 0 Å². The van der Waals surface area contributed by atoms with Gasteiger partial charge in [0.1, 0.15) is 11.6 Å². The van der Waals surface area contributed by atoms with Crippen LogP contribution in [0.2, 0.25) is 0 Å². The van der Waals surface area contributed by atoms with Crippen molar-refractivity contribution in [2.24, 2.45) is 5.92 Å². The topological polar surface area (TPSA) is 42.9 Å². The Morgan fingerprint density at radius 2 is 2.06 bits per heavy atom. The minimum atomic E-state index is 0.190. The van der Waals surface area contributed by atoms with Gasteiger partial charge in [0.05, 0.1) is 0 Å². The number of rotatable bonds is 5. The standard InChI is InChI=1S/C13H20N2O/c1-9(2)7-12-8-10(3)14-13(15-12)6-5-11(4)16/h8-9H,5-7H2,1-4H3. The van der Waals surface area contributed by atoms with Crippen LogP contribution in [-0.2, 0) is 17.6 Å². The molecule has 0 atom stereocenters. The Morgan fingerprint density at radius 3 is 2.62 bits per heavy atom. The molecule has 0 saturated heterocycles. The molecule has 0 aliphatic rings. The third kappa shape index (κ3) is 4.51. The van der Waals surface area contributed by atoms with E-state index in [9.17, 15) is 4.79 Å². The molecule has 3 nitrogen and oxygen atoms in total. The zero-order chi connectivity index (χ0) is 12.1. The van der Waals surface area contributed by atoms with Gasteiger partial charge in [-0.1, -0.05) is 13.8 Å². The molecule has 0 saturated carbocycles. The van der Waals surface area contributed by atoms with Gasteiger partial charge in [0.25, 0.3) is 0 Å². The van der Waals surface area contributed by atoms with Gasteiger partial charge in [0, 0.05) is 24.2 Å². The van der Waals surface area contributed by atoms with Crippen LogP contribution in [0.5, 0.6) is 0 Å². The zero-order valence-electron chi connectivity index (χ0n) is 10.6. The summed E-state index contributed by atoms with van der Waals surface area (Å²) in [5.41, 5.74) is 2.07. The van der Waals surface area contributed by atoms with Crippen molar-refractivity contribution < 1.29 is 4.79 Å². The van der Waals surface area contributed by atoms with Gasteiger partial charge in [0.2, 0.25) is 0 Å². The number of hydrogen-bond donors (Lipinski definition) is 0. The van der Waals surface area contributed by atoms with E-state index in [1.54, 1.807) is 6.92 Å². The van der Waals surface area contributed by atoms with E-state index >= 15 is 0 Å². The fraction of sp³-hybridized carbons (Fsp3) is 0.615. The van der Waals surface area contributed by atoms with Gasteiger partial charge in [-0.25, -0.2) is 9.97 Å². The van der Waals surface area contributed by atoms with E-state index < -0.39 is 0 Å². The molecule has 0 bridgehead atoms. The molecule has 1 aromatic heterocycles. The molecule has 0 unspecified atom stereocenters. The van der Waals surface area contributed by atoms with Crippen LogP contribution in [0.1, 0.15) is 44.4 Å². The fourth-order valence-electron chi connectivity index (χ4n) is 1.62. The van der Waals surface area contributed by atoms with Crippen molar-refractivity contribution in [3.8, 4) is 0 Å². The number of Topliss-reactive ketones (excluding diaryl/α,β-unsaturated/α-hetero) is 1. The van der Waals surface area contributed by atoms with Gasteiger partial charge in [-0.15, -0.1) is 0 Å². The number of aryl methyl sites for hydroxylation is 2. The second kappa shape index (κ2) is 5.73. The van der Waals surface area contributed by atoms with Crippen molar-refractivity contribution in [2.45, 2.75) is 47.0 Å². The van der Waals surface area contributed by atoms with Crippen LogP contribution < -0.4 is 0 Å². The molecule has 0 amide bonds. The molecule has 0 aromatic carbocycles. The molecular weight excluding hydrogens is 200 g/mol. The lowest BCUT2D eigenvalue weighted by molar-refractivity contribution is -0.117. The largest absolute Gasteiger partial charge is 0.300 e. The molecule has 16 heavy (non-hydrogen) atoms. The Kier molecular flexibility index (Phi) is 4.59. The molecular formula is C13H20N2O. The van der Waals surface area contributed by atoms with Crippen molar-refractivity contribution in [3.05, 3.63) is 23.3 Å². The predicted molar refractivity (Wildman–Crippen MR) is 64.3 cm³/mol. The van der Waals surface area contributed by atoms with Gasteiger partial charge >= 0.3 is 0 Å². The van der Waals surface area contributed by atoms with Crippen molar-refractivity contribution in [2.75, 3.05) is 0 Å². The lowest BCUT2D eigenvalue weighted by Gasteiger charge is -2.07. The van der Waals surface area contributed by atoms with Gasteiger partial charge in [-0.05, 0) is 32.3 Å². The number of carbonyl (C=O) groups excluding carboxylic acids is 1. The Bertz CT molecular complexity index is 372. The zero-order valence-corrected chi connectivity index (χ0v) is 10.6. The van der Waals surface area contributed by atoms with Crippen LogP contribution in [-0.4, -0.2) is 15.8 Å². The molecule has 0 radical (unpaired) electrons. The van der Waals surface area contributed by atoms with Crippen LogP contribution in [0.15, 0.2) is 6.07 Å². The molecule has 1 aromatic rings. The highest BCUT2D eigenvalue weighted by molar-refractivity contribution is 5.75. The van der Waals surface area contributed by atoms with Crippen molar-refractivity contribution in [1.82, 2.24) is 9.97 Å². The summed E-state index contributed by atoms with van der Waals surface area (Å²) >= 11 is 0. The van der Waals surface area contributed by atoms with Crippen molar-refractivity contribution >= 4 is 5.78 Å². The first kappa shape index (κ1) is 12.8. The Hall–Kier alpha value is -1.25. The predicted octanol–water partition coefficient (Wildman–Crippen LogP) is 2.51. The maximum atomic E-state index is 10.9. The van der Waals surface area contributed by atoms with E-state index in [4.69, 9.17) is 0 Å². The summed E-state index contributed by atoms with van der Waals surface area (Å²) in [6, 6.07) is 2.03. The first-order chi connectivity index (χ1) is 7.47. The highest BCUT2D eigenvalue weighted by Crippen LogP contribution is 2.08. The molecule has 0 fully saturated rings. The van der Waals surface area contributed by atoms with E-state index in [0.29, 0.717) is 18.8 Å². The van der Waals surface area contributed by atoms with Crippen LogP contribution in [0.25, 0.3) is 0 Å². The molecule has 0 N–H and O–H groups in total. The second-order valence-electron chi connectivity index (χ2n) is 4.72. The van der Waals surface area contributed by atoms with Gasteiger partial charge < -0.3 is 4.79 Å². The summed E-state index contributed by atoms with van der Waals surface area (Å²) in [5, 5.41) is 0. The van der Waals surface area contributed by atoms with Crippen LogP contribution in [0, 0.1) is 12.8 Å². The van der Waals surface area contributed by atoms with Crippen molar-refractivity contribution in [3.63, 3.8) is 0 Å². The lowest BCUT2D eigenvalue weighted by atomic mass is 10.1. The summed E-state index contributed by atoms with van der Waals surface area (Å²) in [6.45, 7) is 7.92. The molecule has 1 rings (SSSR count). The first-order valence-electron chi connectivity index (χ1n) is 5.80.